The van der Waals surface area contributed by atoms with Crippen LogP contribution >= 0.6 is 0 Å². The molecular formula is C22H35N3O3S. The zero-order valence-corrected chi connectivity index (χ0v) is 18.6. The van der Waals surface area contributed by atoms with E-state index in [-0.39, 0.29) is 11.8 Å². The lowest BCUT2D eigenvalue weighted by Crippen LogP contribution is -2.43. The van der Waals surface area contributed by atoms with E-state index in [1.54, 1.807) is 12.1 Å². The van der Waals surface area contributed by atoms with E-state index in [0.717, 1.165) is 24.4 Å². The van der Waals surface area contributed by atoms with E-state index in [1.165, 1.54) is 30.2 Å². The Labute approximate surface area is 175 Å². The number of hydrogen-bond donors (Lipinski definition) is 1. The van der Waals surface area contributed by atoms with Gasteiger partial charge in [-0.15, -0.1) is 0 Å². The maximum absolute atomic E-state index is 12.8. The Kier molecular flexibility index (Phi) is 7.71. The van der Waals surface area contributed by atoms with Crippen molar-refractivity contribution in [2.24, 2.45) is 11.8 Å². The zero-order chi connectivity index (χ0) is 20.9. The van der Waals surface area contributed by atoms with Gasteiger partial charge in [0.25, 0.3) is 0 Å². The second-order valence-electron chi connectivity index (χ2n) is 8.66. The van der Waals surface area contributed by atoms with Crippen molar-refractivity contribution in [3.63, 3.8) is 0 Å². The molecule has 1 aromatic carbocycles. The zero-order valence-electron chi connectivity index (χ0n) is 17.8. The third kappa shape index (κ3) is 6.03. The molecule has 0 saturated carbocycles. The van der Waals surface area contributed by atoms with E-state index in [2.05, 4.69) is 17.1 Å². The van der Waals surface area contributed by atoms with Crippen LogP contribution < -0.4 is 5.32 Å². The van der Waals surface area contributed by atoms with Crippen LogP contribution in [0.5, 0.6) is 0 Å². The minimum absolute atomic E-state index is 0.0738. The third-order valence-electron chi connectivity index (χ3n) is 6.31. The fourth-order valence-electron chi connectivity index (χ4n) is 4.16. The second-order valence-corrected chi connectivity index (χ2v) is 10.6. The van der Waals surface area contributed by atoms with Crippen LogP contribution in [0.4, 0.5) is 0 Å². The number of aryl methyl sites for hydroxylation is 1. The summed E-state index contributed by atoms with van der Waals surface area (Å²) in [5.74, 6) is 0.826. The molecule has 3 rings (SSSR count). The Hall–Kier alpha value is -1.44. The standard InChI is InChI=1S/C22H35N3O3S/c1-18-4-6-21(7-5-18)29(27,28)25-16-10-20(11-17-25)22(26)23-12-3-13-24-14-8-19(2)9-15-24/h4-7,19-20H,3,8-17H2,1-2H3,(H,23,26). The number of carbonyl (C=O) groups excluding carboxylic acids is 1. The van der Waals surface area contributed by atoms with Crippen molar-refractivity contribution in [3.8, 4) is 0 Å². The highest BCUT2D eigenvalue weighted by Gasteiger charge is 2.31. The van der Waals surface area contributed by atoms with Crippen molar-refractivity contribution in [1.82, 2.24) is 14.5 Å². The highest BCUT2D eigenvalue weighted by atomic mass is 32.2. The number of hydrogen-bond acceptors (Lipinski definition) is 4. The molecule has 0 unspecified atom stereocenters. The van der Waals surface area contributed by atoms with Gasteiger partial charge in [-0.25, -0.2) is 8.42 Å². The number of nitrogens with one attached hydrogen (secondary N) is 1. The lowest BCUT2D eigenvalue weighted by atomic mass is 9.97. The largest absolute Gasteiger partial charge is 0.356 e. The molecule has 162 valence electrons. The van der Waals surface area contributed by atoms with Gasteiger partial charge in [-0.1, -0.05) is 24.6 Å². The first kappa shape index (κ1) is 22.2. The number of sulfonamides is 1. The summed E-state index contributed by atoms with van der Waals surface area (Å²) >= 11 is 0. The lowest BCUT2D eigenvalue weighted by Gasteiger charge is -2.31. The van der Waals surface area contributed by atoms with Crippen LogP contribution in [-0.4, -0.2) is 62.8 Å². The molecular weight excluding hydrogens is 386 g/mol. The van der Waals surface area contributed by atoms with Gasteiger partial charge < -0.3 is 10.2 Å². The molecule has 2 saturated heterocycles. The SMILES string of the molecule is Cc1ccc(S(=O)(=O)N2CCC(C(=O)NCCCN3CCC(C)CC3)CC2)cc1. The number of nitrogens with zero attached hydrogens (tertiary/aromatic N) is 2. The average molecular weight is 422 g/mol. The molecule has 0 bridgehead atoms. The van der Waals surface area contributed by atoms with E-state index >= 15 is 0 Å². The molecule has 2 aliphatic rings. The molecule has 2 fully saturated rings. The fourth-order valence-corrected chi connectivity index (χ4v) is 5.63. The van der Waals surface area contributed by atoms with E-state index in [1.807, 2.05) is 19.1 Å². The van der Waals surface area contributed by atoms with E-state index in [4.69, 9.17) is 0 Å². The molecule has 2 aliphatic heterocycles. The third-order valence-corrected chi connectivity index (χ3v) is 8.22. The highest BCUT2D eigenvalue weighted by molar-refractivity contribution is 7.89. The predicted molar refractivity (Wildman–Crippen MR) is 115 cm³/mol. The summed E-state index contributed by atoms with van der Waals surface area (Å²) in [7, 11) is -3.47. The number of benzene rings is 1. The summed E-state index contributed by atoms with van der Waals surface area (Å²) in [4.78, 5) is 15.3. The first-order chi connectivity index (χ1) is 13.9. The van der Waals surface area contributed by atoms with Crippen LogP contribution in [0.25, 0.3) is 0 Å². The van der Waals surface area contributed by atoms with Gasteiger partial charge in [-0.3, -0.25) is 4.79 Å². The fraction of sp³-hybridized carbons (Fsp3) is 0.682. The quantitative estimate of drug-likeness (QED) is 0.687. The van der Waals surface area contributed by atoms with Gasteiger partial charge in [-0.05, 0) is 76.7 Å². The molecule has 1 amide bonds. The predicted octanol–water partition coefficient (Wildman–Crippen LogP) is 2.63. The number of piperidine rings is 2. The first-order valence-corrected chi connectivity index (χ1v) is 12.4. The van der Waals surface area contributed by atoms with Crippen molar-refractivity contribution >= 4 is 15.9 Å². The molecule has 0 aromatic heterocycles. The first-order valence-electron chi connectivity index (χ1n) is 10.9. The lowest BCUT2D eigenvalue weighted by molar-refractivity contribution is -0.126. The Bertz CT molecular complexity index is 763. The highest BCUT2D eigenvalue weighted by Crippen LogP contribution is 2.24. The van der Waals surface area contributed by atoms with Crippen molar-refractivity contribution < 1.29 is 13.2 Å². The van der Waals surface area contributed by atoms with Gasteiger partial charge in [-0.2, -0.15) is 4.31 Å². The molecule has 1 N–H and O–H groups in total. The average Bonchev–Trinajstić information content (AvgIpc) is 2.73. The van der Waals surface area contributed by atoms with Gasteiger partial charge in [0.15, 0.2) is 0 Å². The summed E-state index contributed by atoms with van der Waals surface area (Å²) in [6.07, 6.45) is 4.69. The van der Waals surface area contributed by atoms with E-state index in [0.29, 0.717) is 37.4 Å². The van der Waals surface area contributed by atoms with Gasteiger partial charge in [0.05, 0.1) is 4.90 Å². The Morgan fingerprint density at radius 2 is 1.66 bits per heavy atom. The Morgan fingerprint density at radius 1 is 1.03 bits per heavy atom. The van der Waals surface area contributed by atoms with Crippen LogP contribution in [0.15, 0.2) is 29.2 Å². The smallest absolute Gasteiger partial charge is 0.243 e. The van der Waals surface area contributed by atoms with Crippen molar-refractivity contribution in [2.45, 2.75) is 50.8 Å². The second kappa shape index (κ2) is 10.0. The van der Waals surface area contributed by atoms with Crippen molar-refractivity contribution in [1.29, 1.82) is 0 Å². The number of amides is 1. The maximum Gasteiger partial charge on any atom is 0.243 e. The Balaban J connectivity index is 1.38. The van der Waals surface area contributed by atoms with Crippen LogP contribution in [0.2, 0.25) is 0 Å². The van der Waals surface area contributed by atoms with Crippen LogP contribution in [0, 0.1) is 18.8 Å². The normalized spacial score (nSPS) is 20.6. The number of carbonyl (C=O) groups is 1. The number of likely N-dealkylation sites (tertiary alicyclic amines) is 1. The van der Waals surface area contributed by atoms with E-state index < -0.39 is 10.0 Å². The summed E-state index contributed by atoms with van der Waals surface area (Å²) in [5, 5.41) is 3.06. The van der Waals surface area contributed by atoms with Gasteiger partial charge >= 0.3 is 0 Å². The van der Waals surface area contributed by atoms with Gasteiger partial charge in [0, 0.05) is 25.6 Å². The molecule has 1 aromatic rings. The van der Waals surface area contributed by atoms with Crippen LogP contribution in [0.3, 0.4) is 0 Å². The summed E-state index contributed by atoms with van der Waals surface area (Å²) in [5.41, 5.74) is 1.04. The monoisotopic (exact) mass is 421 g/mol. The van der Waals surface area contributed by atoms with Crippen LogP contribution in [-0.2, 0) is 14.8 Å². The summed E-state index contributed by atoms with van der Waals surface area (Å²) < 4.78 is 27.1. The molecule has 0 spiro atoms. The minimum Gasteiger partial charge on any atom is -0.356 e. The molecule has 7 heteroatoms. The summed E-state index contributed by atoms with van der Waals surface area (Å²) in [6, 6.07) is 6.95. The number of rotatable bonds is 7. The van der Waals surface area contributed by atoms with E-state index in [9.17, 15) is 13.2 Å². The Morgan fingerprint density at radius 3 is 2.28 bits per heavy atom. The van der Waals surface area contributed by atoms with Gasteiger partial charge in [0.2, 0.25) is 15.9 Å². The van der Waals surface area contributed by atoms with Crippen molar-refractivity contribution in [2.75, 3.05) is 39.3 Å². The molecule has 0 radical (unpaired) electrons. The molecule has 29 heavy (non-hydrogen) atoms. The molecule has 0 aliphatic carbocycles. The topological polar surface area (TPSA) is 69.7 Å². The molecule has 6 nitrogen and oxygen atoms in total. The molecule has 2 heterocycles. The van der Waals surface area contributed by atoms with Crippen molar-refractivity contribution in [3.05, 3.63) is 29.8 Å². The minimum atomic E-state index is -3.47. The van der Waals surface area contributed by atoms with Crippen LogP contribution in [0.1, 0.15) is 44.6 Å². The van der Waals surface area contributed by atoms with Gasteiger partial charge in [0.1, 0.15) is 0 Å². The maximum atomic E-state index is 12.8. The molecule has 0 atom stereocenters. The summed E-state index contributed by atoms with van der Waals surface area (Å²) in [6.45, 7) is 9.14.